The Morgan fingerprint density at radius 2 is 2.29 bits per heavy atom. The molecule has 0 aliphatic rings. The van der Waals surface area contributed by atoms with Crippen molar-refractivity contribution in [2.75, 3.05) is 0 Å². The van der Waals surface area contributed by atoms with Crippen LogP contribution in [-0.4, -0.2) is 12.1 Å². The summed E-state index contributed by atoms with van der Waals surface area (Å²) in [5.74, 6) is 1.41. The summed E-state index contributed by atoms with van der Waals surface area (Å²) in [6.07, 6.45) is 2.97. The molecule has 2 rings (SSSR count). The Morgan fingerprint density at radius 3 is 2.88 bits per heavy atom. The number of nitrogens with zero attached hydrogens (tertiary/aromatic N) is 1. The van der Waals surface area contributed by atoms with Crippen LogP contribution in [0.4, 0.5) is 0 Å². The maximum atomic E-state index is 11.4. The fourth-order valence-corrected chi connectivity index (χ4v) is 1.40. The van der Waals surface area contributed by atoms with Gasteiger partial charge in [-0.15, -0.1) is 0 Å². The quantitative estimate of drug-likeness (QED) is 0.651. The summed E-state index contributed by atoms with van der Waals surface area (Å²) in [6, 6.07) is 5.05. The van der Waals surface area contributed by atoms with Crippen LogP contribution in [0.15, 0.2) is 38.4 Å². The van der Waals surface area contributed by atoms with Crippen LogP contribution in [0, 0.1) is 13.8 Å². The molecule has 2 heterocycles. The smallest absolute Gasteiger partial charge is 0.307 e. The number of furan rings is 2. The highest BCUT2D eigenvalue weighted by Crippen LogP contribution is 2.10. The molecule has 2 aromatic heterocycles. The summed E-state index contributed by atoms with van der Waals surface area (Å²) in [5.41, 5.74) is 3.20. The molecule has 1 N–H and O–H groups in total. The van der Waals surface area contributed by atoms with Crippen molar-refractivity contribution in [2.24, 2.45) is 5.10 Å². The van der Waals surface area contributed by atoms with E-state index in [2.05, 4.69) is 10.5 Å². The number of carbonyl (C=O) groups is 1. The second-order valence-electron chi connectivity index (χ2n) is 3.55. The molecule has 88 valence electrons. The molecule has 0 saturated heterocycles. The molecule has 0 saturated carbocycles. The second kappa shape index (κ2) is 4.69. The predicted octanol–water partition coefficient (Wildman–Crippen LogP) is 2.25. The molecule has 0 aliphatic heterocycles. The first kappa shape index (κ1) is 11.2. The zero-order valence-corrected chi connectivity index (χ0v) is 9.56. The van der Waals surface area contributed by atoms with Crippen LogP contribution in [-0.2, 0) is 0 Å². The van der Waals surface area contributed by atoms with Gasteiger partial charge in [0.25, 0.3) is 0 Å². The van der Waals surface area contributed by atoms with Crippen LogP contribution in [0.25, 0.3) is 0 Å². The van der Waals surface area contributed by atoms with Gasteiger partial charge in [-0.1, -0.05) is 0 Å². The zero-order chi connectivity index (χ0) is 12.3. The Kier molecular flexibility index (Phi) is 3.09. The van der Waals surface area contributed by atoms with E-state index in [0.717, 1.165) is 17.1 Å². The maximum absolute atomic E-state index is 11.4. The number of hydrogen-bond acceptors (Lipinski definition) is 4. The Hall–Kier alpha value is -2.30. The molecule has 17 heavy (non-hydrogen) atoms. The first-order valence-electron chi connectivity index (χ1n) is 5.11. The summed E-state index contributed by atoms with van der Waals surface area (Å²) in [7, 11) is 0. The van der Waals surface area contributed by atoms with Gasteiger partial charge in [-0.05, 0) is 32.0 Å². The molecule has 0 radical (unpaired) electrons. The van der Waals surface area contributed by atoms with E-state index in [1.807, 2.05) is 19.9 Å². The largest absolute Gasteiger partial charge is 0.466 e. The van der Waals surface area contributed by atoms with Gasteiger partial charge >= 0.3 is 5.91 Å². The van der Waals surface area contributed by atoms with Crippen molar-refractivity contribution in [3.8, 4) is 0 Å². The van der Waals surface area contributed by atoms with Crippen molar-refractivity contribution >= 4 is 12.1 Å². The lowest BCUT2D eigenvalue weighted by Gasteiger charge is -1.94. The monoisotopic (exact) mass is 232 g/mol. The van der Waals surface area contributed by atoms with E-state index in [9.17, 15) is 4.79 Å². The van der Waals surface area contributed by atoms with Crippen molar-refractivity contribution in [2.45, 2.75) is 13.8 Å². The Bertz CT molecular complexity index is 538. The highest BCUT2D eigenvalue weighted by molar-refractivity contribution is 5.92. The number of aryl methyl sites for hydroxylation is 2. The highest BCUT2D eigenvalue weighted by atomic mass is 16.3. The lowest BCUT2D eigenvalue weighted by atomic mass is 10.3. The van der Waals surface area contributed by atoms with Crippen molar-refractivity contribution in [1.29, 1.82) is 0 Å². The average Bonchev–Trinajstić information content (AvgIpc) is 2.89. The summed E-state index contributed by atoms with van der Waals surface area (Å²) in [6.45, 7) is 3.69. The molecule has 0 fully saturated rings. The molecular formula is C12H12N2O3. The highest BCUT2D eigenvalue weighted by Gasteiger charge is 2.06. The molecule has 0 atom stereocenters. The Balaban J connectivity index is 1.99. The standard InChI is InChI=1S/C12H12N2O3/c1-8-6-10(9(2)17-8)7-13-14-12(15)11-4-3-5-16-11/h3-7H,1-2H3,(H,14,15)/b13-7+. The first-order chi connectivity index (χ1) is 8.16. The molecule has 0 spiro atoms. The molecule has 0 unspecified atom stereocenters. The van der Waals surface area contributed by atoms with E-state index < -0.39 is 0 Å². The lowest BCUT2D eigenvalue weighted by Crippen LogP contribution is -2.16. The lowest BCUT2D eigenvalue weighted by molar-refractivity contribution is 0.0927. The van der Waals surface area contributed by atoms with Crippen LogP contribution >= 0.6 is 0 Å². The molecule has 0 aliphatic carbocycles. The van der Waals surface area contributed by atoms with Crippen LogP contribution in [0.1, 0.15) is 27.6 Å². The maximum Gasteiger partial charge on any atom is 0.307 e. The van der Waals surface area contributed by atoms with Crippen LogP contribution in [0.5, 0.6) is 0 Å². The summed E-state index contributed by atoms with van der Waals surface area (Å²) >= 11 is 0. The van der Waals surface area contributed by atoms with Gasteiger partial charge < -0.3 is 8.83 Å². The third kappa shape index (κ3) is 2.63. The topological polar surface area (TPSA) is 67.7 Å². The van der Waals surface area contributed by atoms with Gasteiger partial charge in [-0.25, -0.2) is 5.43 Å². The molecule has 2 aromatic rings. The molecule has 5 heteroatoms. The molecular weight excluding hydrogens is 220 g/mol. The minimum absolute atomic E-state index is 0.224. The molecule has 1 amide bonds. The van der Waals surface area contributed by atoms with Gasteiger partial charge in [-0.3, -0.25) is 4.79 Å². The number of hydrazone groups is 1. The van der Waals surface area contributed by atoms with Gasteiger partial charge in [0.2, 0.25) is 0 Å². The minimum atomic E-state index is -0.385. The first-order valence-corrected chi connectivity index (χ1v) is 5.11. The van der Waals surface area contributed by atoms with Crippen molar-refractivity contribution in [3.05, 3.63) is 47.3 Å². The summed E-state index contributed by atoms with van der Waals surface area (Å²) in [4.78, 5) is 11.4. The molecule has 0 bridgehead atoms. The normalized spacial score (nSPS) is 10.9. The predicted molar refractivity (Wildman–Crippen MR) is 62.0 cm³/mol. The van der Waals surface area contributed by atoms with Gasteiger partial charge in [0.15, 0.2) is 5.76 Å². The third-order valence-corrected chi connectivity index (χ3v) is 2.19. The minimum Gasteiger partial charge on any atom is -0.466 e. The Labute approximate surface area is 98.1 Å². The average molecular weight is 232 g/mol. The van der Waals surface area contributed by atoms with Crippen LogP contribution in [0.2, 0.25) is 0 Å². The van der Waals surface area contributed by atoms with Crippen LogP contribution in [0.3, 0.4) is 0 Å². The Morgan fingerprint density at radius 1 is 1.47 bits per heavy atom. The number of rotatable bonds is 3. The molecule has 0 aromatic carbocycles. The molecule has 5 nitrogen and oxygen atoms in total. The van der Waals surface area contributed by atoms with Gasteiger partial charge in [0.05, 0.1) is 12.5 Å². The number of nitrogens with one attached hydrogen (secondary N) is 1. The van der Waals surface area contributed by atoms with Gasteiger partial charge in [0.1, 0.15) is 11.5 Å². The van der Waals surface area contributed by atoms with E-state index in [1.165, 1.54) is 12.5 Å². The zero-order valence-electron chi connectivity index (χ0n) is 9.56. The van der Waals surface area contributed by atoms with Crippen molar-refractivity contribution < 1.29 is 13.6 Å². The van der Waals surface area contributed by atoms with E-state index in [0.29, 0.717) is 0 Å². The van der Waals surface area contributed by atoms with E-state index in [4.69, 9.17) is 8.83 Å². The van der Waals surface area contributed by atoms with E-state index in [-0.39, 0.29) is 11.7 Å². The number of hydrogen-bond donors (Lipinski definition) is 1. The fraction of sp³-hybridized carbons (Fsp3) is 0.167. The van der Waals surface area contributed by atoms with E-state index >= 15 is 0 Å². The summed E-state index contributed by atoms with van der Waals surface area (Å²) in [5, 5.41) is 3.83. The van der Waals surface area contributed by atoms with Gasteiger partial charge in [0, 0.05) is 5.56 Å². The number of amides is 1. The summed E-state index contributed by atoms with van der Waals surface area (Å²) < 4.78 is 10.2. The van der Waals surface area contributed by atoms with E-state index in [1.54, 1.807) is 12.1 Å². The van der Waals surface area contributed by atoms with Crippen LogP contribution < -0.4 is 5.43 Å². The van der Waals surface area contributed by atoms with Crippen molar-refractivity contribution in [1.82, 2.24) is 5.43 Å². The van der Waals surface area contributed by atoms with Crippen molar-refractivity contribution in [3.63, 3.8) is 0 Å². The SMILES string of the molecule is Cc1cc(/C=N/NC(=O)c2ccco2)c(C)o1. The fourth-order valence-electron chi connectivity index (χ4n) is 1.40. The third-order valence-electron chi connectivity index (χ3n) is 2.19. The second-order valence-corrected chi connectivity index (χ2v) is 3.55. The number of carbonyl (C=O) groups excluding carboxylic acids is 1. The van der Waals surface area contributed by atoms with Gasteiger partial charge in [-0.2, -0.15) is 5.10 Å².